The zero-order chi connectivity index (χ0) is 12.2. The Morgan fingerprint density at radius 3 is 2.56 bits per heavy atom. The molecule has 0 heterocycles. The second-order valence-electron chi connectivity index (χ2n) is 6.00. The normalized spacial score (nSPS) is 23.7. The van der Waals surface area contributed by atoms with Crippen LogP contribution >= 0.6 is 0 Å². The van der Waals surface area contributed by atoms with Crippen LogP contribution in [0.4, 0.5) is 0 Å². The number of carbonyl (C=O) groups is 1. The fourth-order valence-electron chi connectivity index (χ4n) is 2.28. The molecule has 1 unspecified atom stereocenters. The van der Waals surface area contributed by atoms with E-state index >= 15 is 0 Å². The standard InChI is InChI=1S/C13H26N2O/c1-10(2)12(16)15-8-7-14-11-5-6-13(3,4)9-11/h10-11,14H,5-9H2,1-4H3,(H,15,16). The minimum absolute atomic E-state index is 0.0883. The number of amides is 1. The van der Waals surface area contributed by atoms with Crippen molar-refractivity contribution in [2.24, 2.45) is 11.3 Å². The number of carbonyl (C=O) groups excluding carboxylic acids is 1. The van der Waals surface area contributed by atoms with Gasteiger partial charge in [0.25, 0.3) is 0 Å². The third-order valence-electron chi connectivity index (χ3n) is 3.35. The van der Waals surface area contributed by atoms with Crippen LogP contribution in [0.25, 0.3) is 0 Å². The Kier molecular flexibility index (Phi) is 4.78. The second kappa shape index (κ2) is 5.67. The maximum absolute atomic E-state index is 11.3. The van der Waals surface area contributed by atoms with Crippen molar-refractivity contribution in [3.63, 3.8) is 0 Å². The molecular weight excluding hydrogens is 200 g/mol. The van der Waals surface area contributed by atoms with E-state index in [1.807, 2.05) is 13.8 Å². The highest BCUT2D eigenvalue weighted by Crippen LogP contribution is 2.36. The zero-order valence-corrected chi connectivity index (χ0v) is 11.1. The summed E-state index contributed by atoms with van der Waals surface area (Å²) in [6, 6.07) is 0.644. The molecule has 0 aromatic rings. The molecular formula is C13H26N2O. The molecule has 1 aliphatic rings. The van der Waals surface area contributed by atoms with E-state index in [9.17, 15) is 4.79 Å². The molecule has 1 saturated carbocycles. The van der Waals surface area contributed by atoms with Gasteiger partial charge >= 0.3 is 0 Å². The summed E-state index contributed by atoms with van der Waals surface area (Å²) in [5.41, 5.74) is 0.499. The predicted molar refractivity (Wildman–Crippen MR) is 67.3 cm³/mol. The number of rotatable bonds is 5. The Morgan fingerprint density at radius 1 is 1.38 bits per heavy atom. The summed E-state index contributed by atoms with van der Waals surface area (Å²) in [6.07, 6.45) is 3.83. The monoisotopic (exact) mass is 226 g/mol. The van der Waals surface area contributed by atoms with Crippen molar-refractivity contribution in [1.82, 2.24) is 10.6 Å². The van der Waals surface area contributed by atoms with Crippen molar-refractivity contribution in [1.29, 1.82) is 0 Å². The van der Waals surface area contributed by atoms with Crippen molar-refractivity contribution in [3.8, 4) is 0 Å². The molecule has 16 heavy (non-hydrogen) atoms. The van der Waals surface area contributed by atoms with E-state index in [0.717, 1.165) is 13.1 Å². The second-order valence-corrected chi connectivity index (χ2v) is 6.00. The molecule has 1 fully saturated rings. The first-order valence-corrected chi connectivity index (χ1v) is 6.42. The molecule has 0 spiro atoms. The van der Waals surface area contributed by atoms with Gasteiger partial charge in [-0.05, 0) is 24.7 Å². The summed E-state index contributed by atoms with van der Waals surface area (Å²) in [6.45, 7) is 10.1. The van der Waals surface area contributed by atoms with Crippen LogP contribution in [-0.2, 0) is 4.79 Å². The van der Waals surface area contributed by atoms with Crippen LogP contribution in [0.15, 0.2) is 0 Å². The summed E-state index contributed by atoms with van der Waals surface area (Å²) < 4.78 is 0. The van der Waals surface area contributed by atoms with Gasteiger partial charge in [-0.3, -0.25) is 4.79 Å². The molecule has 1 amide bonds. The first-order valence-electron chi connectivity index (χ1n) is 6.42. The average molecular weight is 226 g/mol. The van der Waals surface area contributed by atoms with Gasteiger partial charge in [0.1, 0.15) is 0 Å². The Morgan fingerprint density at radius 2 is 2.06 bits per heavy atom. The molecule has 0 radical (unpaired) electrons. The summed E-state index contributed by atoms with van der Waals surface area (Å²) in [5.74, 6) is 0.235. The molecule has 1 aliphatic carbocycles. The molecule has 0 bridgehead atoms. The molecule has 0 aromatic carbocycles. The smallest absolute Gasteiger partial charge is 0.222 e. The van der Waals surface area contributed by atoms with Crippen LogP contribution in [0.5, 0.6) is 0 Å². The van der Waals surface area contributed by atoms with Crippen LogP contribution in [0.3, 0.4) is 0 Å². The topological polar surface area (TPSA) is 41.1 Å². The number of hydrogen-bond donors (Lipinski definition) is 2. The Hall–Kier alpha value is -0.570. The van der Waals surface area contributed by atoms with Crippen LogP contribution < -0.4 is 10.6 Å². The lowest BCUT2D eigenvalue weighted by Crippen LogP contribution is -2.37. The van der Waals surface area contributed by atoms with E-state index < -0.39 is 0 Å². The van der Waals surface area contributed by atoms with Crippen LogP contribution in [0.1, 0.15) is 47.0 Å². The fourth-order valence-corrected chi connectivity index (χ4v) is 2.28. The Balaban J connectivity index is 2.06. The van der Waals surface area contributed by atoms with E-state index in [1.54, 1.807) is 0 Å². The van der Waals surface area contributed by atoms with Gasteiger partial charge in [0.2, 0.25) is 5.91 Å². The van der Waals surface area contributed by atoms with Gasteiger partial charge in [0.15, 0.2) is 0 Å². The van der Waals surface area contributed by atoms with E-state index in [0.29, 0.717) is 11.5 Å². The minimum atomic E-state index is 0.0883. The van der Waals surface area contributed by atoms with E-state index in [2.05, 4.69) is 24.5 Å². The lowest BCUT2D eigenvalue weighted by molar-refractivity contribution is -0.123. The Bertz CT molecular complexity index is 236. The van der Waals surface area contributed by atoms with Gasteiger partial charge in [-0.1, -0.05) is 27.7 Å². The highest BCUT2D eigenvalue weighted by molar-refractivity contribution is 5.77. The lowest BCUT2D eigenvalue weighted by atomic mass is 9.92. The van der Waals surface area contributed by atoms with E-state index in [1.165, 1.54) is 19.3 Å². The van der Waals surface area contributed by atoms with Crippen LogP contribution in [-0.4, -0.2) is 25.0 Å². The molecule has 0 aliphatic heterocycles. The first-order chi connectivity index (χ1) is 7.41. The molecule has 3 heteroatoms. The molecule has 0 aromatic heterocycles. The lowest BCUT2D eigenvalue weighted by Gasteiger charge is -2.18. The summed E-state index contributed by atoms with van der Waals surface area (Å²) in [5, 5.41) is 6.44. The maximum Gasteiger partial charge on any atom is 0.222 e. The van der Waals surface area contributed by atoms with Crippen molar-refractivity contribution >= 4 is 5.91 Å². The fraction of sp³-hybridized carbons (Fsp3) is 0.923. The van der Waals surface area contributed by atoms with Gasteiger partial charge in [-0.25, -0.2) is 0 Å². The largest absolute Gasteiger partial charge is 0.355 e. The van der Waals surface area contributed by atoms with Gasteiger partial charge in [0, 0.05) is 25.0 Å². The van der Waals surface area contributed by atoms with Gasteiger partial charge in [0.05, 0.1) is 0 Å². The molecule has 3 nitrogen and oxygen atoms in total. The Labute approximate surface area is 99.4 Å². The average Bonchev–Trinajstić information content (AvgIpc) is 2.52. The van der Waals surface area contributed by atoms with Gasteiger partial charge in [-0.15, -0.1) is 0 Å². The van der Waals surface area contributed by atoms with E-state index in [-0.39, 0.29) is 11.8 Å². The highest BCUT2D eigenvalue weighted by Gasteiger charge is 2.30. The van der Waals surface area contributed by atoms with Crippen molar-refractivity contribution in [2.45, 2.75) is 53.0 Å². The van der Waals surface area contributed by atoms with Crippen LogP contribution in [0, 0.1) is 11.3 Å². The van der Waals surface area contributed by atoms with Gasteiger partial charge < -0.3 is 10.6 Å². The summed E-state index contributed by atoms with van der Waals surface area (Å²) in [7, 11) is 0. The van der Waals surface area contributed by atoms with Crippen molar-refractivity contribution in [2.75, 3.05) is 13.1 Å². The minimum Gasteiger partial charge on any atom is -0.355 e. The number of nitrogens with one attached hydrogen (secondary N) is 2. The number of hydrogen-bond acceptors (Lipinski definition) is 2. The SMILES string of the molecule is CC(C)C(=O)NCCNC1CCC(C)(C)C1. The highest BCUT2D eigenvalue weighted by atomic mass is 16.1. The quantitative estimate of drug-likeness (QED) is 0.703. The maximum atomic E-state index is 11.3. The molecule has 0 saturated heterocycles. The first kappa shape index (κ1) is 13.5. The van der Waals surface area contributed by atoms with Crippen LogP contribution in [0.2, 0.25) is 0 Å². The molecule has 1 atom stereocenters. The van der Waals surface area contributed by atoms with Crippen molar-refractivity contribution < 1.29 is 4.79 Å². The third-order valence-corrected chi connectivity index (χ3v) is 3.35. The molecule has 2 N–H and O–H groups in total. The van der Waals surface area contributed by atoms with Crippen molar-refractivity contribution in [3.05, 3.63) is 0 Å². The van der Waals surface area contributed by atoms with E-state index in [4.69, 9.17) is 0 Å². The summed E-state index contributed by atoms with van der Waals surface area (Å²) >= 11 is 0. The molecule has 94 valence electrons. The van der Waals surface area contributed by atoms with Gasteiger partial charge in [-0.2, -0.15) is 0 Å². The predicted octanol–water partition coefficient (Wildman–Crippen LogP) is 1.93. The summed E-state index contributed by atoms with van der Waals surface area (Å²) in [4.78, 5) is 11.3. The third kappa shape index (κ3) is 4.52. The zero-order valence-electron chi connectivity index (χ0n) is 11.1. The molecule has 1 rings (SSSR count).